The molecule has 21 heavy (non-hydrogen) atoms. The minimum Gasteiger partial charge on any atom is -0.481 e. The van der Waals surface area contributed by atoms with Crippen LogP contribution in [0.15, 0.2) is 24.3 Å². The van der Waals surface area contributed by atoms with Crippen molar-refractivity contribution >= 4 is 12.0 Å². The van der Waals surface area contributed by atoms with E-state index in [1.807, 2.05) is 0 Å². The molecule has 2 atom stereocenters. The second-order valence-corrected chi connectivity index (χ2v) is 5.26. The molecule has 0 aromatic heterocycles. The highest BCUT2D eigenvalue weighted by Gasteiger charge is 2.33. The van der Waals surface area contributed by atoms with Gasteiger partial charge in [0, 0.05) is 12.6 Å². The zero-order valence-electron chi connectivity index (χ0n) is 11.6. The Labute approximate surface area is 122 Å². The predicted octanol–water partition coefficient (Wildman–Crippen LogP) is 1.92. The van der Waals surface area contributed by atoms with Gasteiger partial charge in [-0.2, -0.15) is 0 Å². The van der Waals surface area contributed by atoms with Gasteiger partial charge in [-0.05, 0) is 37.0 Å². The van der Waals surface area contributed by atoms with Crippen LogP contribution in [0.5, 0.6) is 0 Å². The molecule has 0 aliphatic heterocycles. The molecule has 0 radical (unpaired) electrons. The van der Waals surface area contributed by atoms with Gasteiger partial charge in [0.1, 0.15) is 5.82 Å². The van der Waals surface area contributed by atoms with Crippen LogP contribution in [0.1, 0.15) is 24.8 Å². The van der Waals surface area contributed by atoms with Gasteiger partial charge in [-0.15, -0.1) is 0 Å². The summed E-state index contributed by atoms with van der Waals surface area (Å²) < 4.78 is 12.7. The number of halogens is 1. The van der Waals surface area contributed by atoms with Crippen molar-refractivity contribution in [1.29, 1.82) is 0 Å². The number of urea groups is 1. The Morgan fingerprint density at radius 1 is 1.24 bits per heavy atom. The third-order valence-corrected chi connectivity index (χ3v) is 3.76. The fourth-order valence-electron chi connectivity index (χ4n) is 2.62. The monoisotopic (exact) mass is 294 g/mol. The highest BCUT2D eigenvalue weighted by molar-refractivity contribution is 5.77. The van der Waals surface area contributed by atoms with Crippen LogP contribution in [0.3, 0.4) is 0 Å². The molecule has 2 rings (SSSR count). The van der Waals surface area contributed by atoms with E-state index >= 15 is 0 Å². The van der Waals surface area contributed by atoms with Crippen molar-refractivity contribution in [2.24, 2.45) is 5.92 Å². The SMILES string of the molecule is O=C(NCCc1ccc(F)cc1)NC1CCCC1C(=O)O. The van der Waals surface area contributed by atoms with E-state index in [1.54, 1.807) is 12.1 Å². The molecule has 1 aliphatic rings. The number of rotatable bonds is 5. The van der Waals surface area contributed by atoms with Crippen molar-refractivity contribution in [3.8, 4) is 0 Å². The molecular formula is C15H19FN2O3. The molecule has 0 spiro atoms. The lowest BCUT2D eigenvalue weighted by atomic mass is 10.0. The van der Waals surface area contributed by atoms with Gasteiger partial charge < -0.3 is 15.7 Å². The highest BCUT2D eigenvalue weighted by Crippen LogP contribution is 2.25. The van der Waals surface area contributed by atoms with E-state index in [1.165, 1.54) is 12.1 Å². The Morgan fingerprint density at radius 3 is 2.62 bits per heavy atom. The number of carbonyl (C=O) groups is 2. The quantitative estimate of drug-likeness (QED) is 0.776. The van der Waals surface area contributed by atoms with Crippen molar-refractivity contribution < 1.29 is 19.1 Å². The summed E-state index contributed by atoms with van der Waals surface area (Å²) in [4.78, 5) is 22.8. The van der Waals surface area contributed by atoms with E-state index in [0.717, 1.165) is 12.0 Å². The smallest absolute Gasteiger partial charge is 0.315 e. The average Bonchev–Trinajstić information content (AvgIpc) is 2.89. The summed E-state index contributed by atoms with van der Waals surface area (Å²) in [7, 11) is 0. The number of nitrogens with one attached hydrogen (secondary N) is 2. The largest absolute Gasteiger partial charge is 0.481 e. The number of carboxylic acids is 1. The summed E-state index contributed by atoms with van der Waals surface area (Å²) >= 11 is 0. The van der Waals surface area contributed by atoms with E-state index in [4.69, 9.17) is 5.11 Å². The lowest BCUT2D eigenvalue weighted by Gasteiger charge is -2.18. The zero-order chi connectivity index (χ0) is 15.2. The van der Waals surface area contributed by atoms with E-state index in [9.17, 15) is 14.0 Å². The van der Waals surface area contributed by atoms with E-state index in [0.29, 0.717) is 25.8 Å². The molecule has 0 heterocycles. The summed E-state index contributed by atoms with van der Waals surface area (Å²) in [5, 5.41) is 14.5. The van der Waals surface area contributed by atoms with E-state index in [2.05, 4.69) is 10.6 Å². The molecule has 6 heteroatoms. The molecule has 1 aromatic carbocycles. The first kappa shape index (κ1) is 15.3. The van der Waals surface area contributed by atoms with Gasteiger partial charge in [0.05, 0.1) is 5.92 Å². The molecule has 0 bridgehead atoms. The van der Waals surface area contributed by atoms with Crippen molar-refractivity contribution in [3.63, 3.8) is 0 Å². The third-order valence-electron chi connectivity index (χ3n) is 3.76. The third kappa shape index (κ3) is 4.44. The number of hydrogen-bond donors (Lipinski definition) is 3. The van der Waals surface area contributed by atoms with Crippen molar-refractivity contribution in [2.45, 2.75) is 31.7 Å². The molecule has 1 aliphatic carbocycles. The van der Waals surface area contributed by atoms with Crippen LogP contribution in [0, 0.1) is 11.7 Å². The Balaban J connectivity index is 1.72. The van der Waals surface area contributed by atoms with Gasteiger partial charge in [0.25, 0.3) is 0 Å². The molecule has 2 amide bonds. The minimum absolute atomic E-state index is 0.287. The summed E-state index contributed by atoms with van der Waals surface area (Å²) in [6, 6.07) is 5.46. The number of aliphatic carboxylic acids is 1. The first-order chi connectivity index (χ1) is 10.1. The number of carbonyl (C=O) groups excluding carboxylic acids is 1. The van der Waals surface area contributed by atoms with Crippen LogP contribution in [-0.2, 0) is 11.2 Å². The summed E-state index contributed by atoms with van der Waals surface area (Å²) in [6.07, 6.45) is 2.72. The molecular weight excluding hydrogens is 275 g/mol. The van der Waals surface area contributed by atoms with Gasteiger partial charge >= 0.3 is 12.0 Å². The van der Waals surface area contributed by atoms with Crippen molar-refractivity contribution in [3.05, 3.63) is 35.6 Å². The second-order valence-electron chi connectivity index (χ2n) is 5.26. The molecule has 5 nitrogen and oxygen atoms in total. The van der Waals surface area contributed by atoms with Gasteiger partial charge in [0.2, 0.25) is 0 Å². The molecule has 1 fully saturated rings. The summed E-state index contributed by atoms with van der Waals surface area (Å²) in [5.41, 5.74) is 0.931. The zero-order valence-corrected chi connectivity index (χ0v) is 11.6. The van der Waals surface area contributed by atoms with Crippen LogP contribution >= 0.6 is 0 Å². The maximum absolute atomic E-state index is 12.7. The summed E-state index contributed by atoms with van der Waals surface area (Å²) in [6.45, 7) is 0.419. The maximum Gasteiger partial charge on any atom is 0.315 e. The highest BCUT2D eigenvalue weighted by atomic mass is 19.1. The Hall–Kier alpha value is -2.11. The van der Waals surface area contributed by atoms with E-state index < -0.39 is 11.9 Å². The number of carboxylic acid groups (broad SMARTS) is 1. The van der Waals surface area contributed by atoms with Crippen molar-refractivity contribution in [1.82, 2.24) is 10.6 Å². The Morgan fingerprint density at radius 2 is 1.95 bits per heavy atom. The van der Waals surface area contributed by atoms with Crippen LogP contribution in [-0.4, -0.2) is 29.7 Å². The lowest BCUT2D eigenvalue weighted by molar-refractivity contribution is -0.142. The standard InChI is InChI=1S/C15H19FN2O3/c16-11-6-4-10(5-7-11)8-9-17-15(21)18-13-3-1-2-12(13)14(19)20/h4-7,12-13H,1-3,8-9H2,(H,19,20)(H2,17,18,21). The van der Waals surface area contributed by atoms with Gasteiger partial charge in [-0.3, -0.25) is 4.79 Å². The molecule has 114 valence electrons. The van der Waals surface area contributed by atoms with Crippen LogP contribution < -0.4 is 10.6 Å². The van der Waals surface area contributed by atoms with E-state index in [-0.39, 0.29) is 17.9 Å². The topological polar surface area (TPSA) is 78.4 Å². The maximum atomic E-state index is 12.7. The van der Waals surface area contributed by atoms with Gasteiger partial charge in [-0.25, -0.2) is 9.18 Å². The Bertz CT molecular complexity index is 504. The fraction of sp³-hybridized carbons (Fsp3) is 0.467. The minimum atomic E-state index is -0.857. The van der Waals surface area contributed by atoms with Gasteiger partial charge in [0.15, 0.2) is 0 Å². The second kappa shape index (κ2) is 7.06. The average molecular weight is 294 g/mol. The van der Waals surface area contributed by atoms with Gasteiger partial charge in [-0.1, -0.05) is 18.6 Å². The number of benzene rings is 1. The summed E-state index contributed by atoms with van der Waals surface area (Å²) in [5.74, 6) is -1.64. The lowest BCUT2D eigenvalue weighted by Crippen LogP contribution is -2.45. The predicted molar refractivity (Wildman–Crippen MR) is 75.4 cm³/mol. The first-order valence-electron chi connectivity index (χ1n) is 7.08. The number of amides is 2. The Kier molecular flexibility index (Phi) is 5.14. The first-order valence-corrected chi connectivity index (χ1v) is 7.08. The normalized spacial score (nSPS) is 21.0. The van der Waals surface area contributed by atoms with Crippen LogP contribution in [0.4, 0.5) is 9.18 Å². The molecule has 3 N–H and O–H groups in total. The number of hydrogen-bond acceptors (Lipinski definition) is 2. The molecule has 0 saturated heterocycles. The molecule has 1 saturated carbocycles. The van der Waals surface area contributed by atoms with Crippen LogP contribution in [0.2, 0.25) is 0 Å². The fourth-order valence-corrected chi connectivity index (χ4v) is 2.62. The van der Waals surface area contributed by atoms with Crippen LogP contribution in [0.25, 0.3) is 0 Å². The molecule has 2 unspecified atom stereocenters. The molecule has 1 aromatic rings. The van der Waals surface area contributed by atoms with Crippen molar-refractivity contribution in [2.75, 3.05) is 6.54 Å².